The van der Waals surface area contributed by atoms with Crippen molar-refractivity contribution in [3.05, 3.63) is 35.5 Å². The summed E-state index contributed by atoms with van der Waals surface area (Å²) in [4.78, 5) is 2.28. The first-order valence-corrected chi connectivity index (χ1v) is 5.15. The molecule has 0 heterocycles. The molecule has 0 aliphatic rings. The number of likely N-dealkylation sites (N-methyl/N-ethyl adjacent to an activating group) is 1. The van der Waals surface area contributed by atoms with E-state index in [9.17, 15) is 0 Å². The number of hydrogen-bond acceptors (Lipinski definition) is 1. The fourth-order valence-corrected chi connectivity index (χ4v) is 1.000. The monoisotopic (exact) mass is 193 g/mol. The number of nitrogens with zero attached hydrogens (tertiary/aromatic N) is 1. The van der Waals surface area contributed by atoms with E-state index in [1.807, 2.05) is 0 Å². The van der Waals surface area contributed by atoms with Crippen molar-refractivity contribution in [3.63, 3.8) is 0 Å². The van der Waals surface area contributed by atoms with Crippen LogP contribution in [-0.2, 0) is 0 Å². The summed E-state index contributed by atoms with van der Waals surface area (Å²) in [6.45, 7) is 14.5. The van der Waals surface area contributed by atoms with Gasteiger partial charge in [-0.1, -0.05) is 36.8 Å². The van der Waals surface area contributed by atoms with Crippen LogP contribution in [0.25, 0.3) is 0 Å². The van der Waals surface area contributed by atoms with Crippen molar-refractivity contribution in [2.75, 3.05) is 20.1 Å². The second-order valence-electron chi connectivity index (χ2n) is 4.05. The van der Waals surface area contributed by atoms with Gasteiger partial charge in [-0.3, -0.25) is 0 Å². The zero-order chi connectivity index (χ0) is 11.1. The molecule has 0 aromatic heterocycles. The fourth-order valence-electron chi connectivity index (χ4n) is 1.000. The minimum atomic E-state index is 0.982. The predicted molar refractivity (Wildman–Crippen MR) is 65.5 cm³/mol. The van der Waals surface area contributed by atoms with Crippen LogP contribution < -0.4 is 0 Å². The third-order valence-corrected chi connectivity index (χ3v) is 2.15. The van der Waals surface area contributed by atoms with Gasteiger partial charge in [-0.05, 0) is 39.9 Å². The molecule has 0 radical (unpaired) electrons. The maximum absolute atomic E-state index is 4.00. The Hall–Kier alpha value is -0.820. The van der Waals surface area contributed by atoms with Gasteiger partial charge >= 0.3 is 0 Å². The van der Waals surface area contributed by atoms with Crippen LogP contribution in [0.5, 0.6) is 0 Å². The minimum absolute atomic E-state index is 0.982. The van der Waals surface area contributed by atoms with E-state index < -0.39 is 0 Å². The van der Waals surface area contributed by atoms with Gasteiger partial charge in [0.2, 0.25) is 0 Å². The maximum atomic E-state index is 4.00. The third-order valence-electron chi connectivity index (χ3n) is 2.15. The molecule has 0 spiro atoms. The zero-order valence-corrected chi connectivity index (χ0v) is 10.2. The molecule has 1 nitrogen and oxygen atoms in total. The van der Waals surface area contributed by atoms with Crippen molar-refractivity contribution in [2.24, 2.45) is 0 Å². The normalized spacial score (nSPS) is 11.7. The van der Waals surface area contributed by atoms with E-state index in [0.717, 1.165) is 18.7 Å². The van der Waals surface area contributed by atoms with Crippen molar-refractivity contribution in [2.45, 2.75) is 27.7 Å². The molecule has 0 rings (SSSR count). The highest BCUT2D eigenvalue weighted by molar-refractivity contribution is 5.32. The highest BCUT2D eigenvalue weighted by Crippen LogP contribution is 2.09. The van der Waals surface area contributed by atoms with E-state index in [2.05, 4.69) is 58.4 Å². The van der Waals surface area contributed by atoms with E-state index in [1.54, 1.807) is 0 Å². The van der Waals surface area contributed by atoms with Gasteiger partial charge in [0.25, 0.3) is 0 Å². The Morgan fingerprint density at radius 2 is 1.79 bits per heavy atom. The van der Waals surface area contributed by atoms with Crippen LogP contribution in [0.4, 0.5) is 0 Å². The Morgan fingerprint density at radius 1 is 1.21 bits per heavy atom. The molecule has 0 aromatic rings. The van der Waals surface area contributed by atoms with E-state index >= 15 is 0 Å². The molecule has 0 saturated heterocycles. The molecular formula is C13H23N. The highest BCUT2D eigenvalue weighted by atomic mass is 15.1. The molecule has 0 aliphatic heterocycles. The van der Waals surface area contributed by atoms with Gasteiger partial charge < -0.3 is 4.90 Å². The largest absolute Gasteiger partial charge is 0.302 e. The van der Waals surface area contributed by atoms with Crippen LogP contribution in [0.1, 0.15) is 27.7 Å². The Labute approximate surface area is 88.8 Å². The van der Waals surface area contributed by atoms with Crippen LogP contribution >= 0.6 is 0 Å². The van der Waals surface area contributed by atoms with Crippen LogP contribution in [0, 0.1) is 0 Å². The summed E-state index contributed by atoms with van der Waals surface area (Å²) in [6, 6.07) is 0. The number of allylic oxidation sites excluding steroid dienone is 3. The van der Waals surface area contributed by atoms with Crippen LogP contribution in [0.3, 0.4) is 0 Å². The van der Waals surface area contributed by atoms with Crippen molar-refractivity contribution in [3.8, 4) is 0 Å². The first-order chi connectivity index (χ1) is 6.47. The lowest BCUT2D eigenvalue weighted by molar-refractivity contribution is 0.385. The Balaban J connectivity index is 4.53. The van der Waals surface area contributed by atoms with Crippen LogP contribution in [0.15, 0.2) is 35.5 Å². The quantitative estimate of drug-likeness (QED) is 0.605. The molecule has 0 saturated carbocycles. The summed E-state index contributed by atoms with van der Waals surface area (Å²) < 4.78 is 0. The summed E-state index contributed by atoms with van der Waals surface area (Å²) in [5.41, 5.74) is 3.79. The van der Waals surface area contributed by atoms with Gasteiger partial charge in [0, 0.05) is 6.54 Å². The average molecular weight is 193 g/mol. The first kappa shape index (κ1) is 13.2. The first-order valence-electron chi connectivity index (χ1n) is 5.15. The fraction of sp³-hybridized carbons (Fsp3) is 0.538. The second kappa shape index (κ2) is 6.61. The van der Waals surface area contributed by atoms with Crippen molar-refractivity contribution < 1.29 is 0 Å². The van der Waals surface area contributed by atoms with Crippen molar-refractivity contribution in [1.29, 1.82) is 0 Å². The summed E-state index contributed by atoms with van der Waals surface area (Å²) in [6.07, 6.45) is 4.32. The number of hydrogen-bond donors (Lipinski definition) is 0. The topological polar surface area (TPSA) is 3.24 Å². The summed E-state index contributed by atoms with van der Waals surface area (Å²) in [7, 11) is 2.12. The minimum Gasteiger partial charge on any atom is -0.302 e. The van der Waals surface area contributed by atoms with E-state index in [1.165, 1.54) is 11.1 Å². The van der Waals surface area contributed by atoms with E-state index in [0.29, 0.717) is 0 Å². The summed E-state index contributed by atoms with van der Waals surface area (Å²) in [5.74, 6) is 0. The maximum Gasteiger partial charge on any atom is 0.0232 e. The SMILES string of the molecule is C=C(C)/C(=C\C=C(C)C)CN(C)CC. The van der Waals surface area contributed by atoms with Crippen molar-refractivity contribution >= 4 is 0 Å². The Kier molecular flexibility index (Phi) is 6.22. The molecule has 0 unspecified atom stereocenters. The Morgan fingerprint density at radius 3 is 2.14 bits per heavy atom. The molecule has 0 amide bonds. The van der Waals surface area contributed by atoms with Gasteiger partial charge in [-0.25, -0.2) is 0 Å². The molecule has 0 N–H and O–H groups in total. The van der Waals surface area contributed by atoms with Gasteiger partial charge in [0.1, 0.15) is 0 Å². The highest BCUT2D eigenvalue weighted by Gasteiger charge is 2.00. The number of rotatable bonds is 5. The lowest BCUT2D eigenvalue weighted by Crippen LogP contribution is -2.20. The van der Waals surface area contributed by atoms with E-state index in [4.69, 9.17) is 0 Å². The molecular weight excluding hydrogens is 170 g/mol. The molecule has 0 aliphatic carbocycles. The molecule has 0 bridgehead atoms. The predicted octanol–water partition coefficient (Wildman–Crippen LogP) is 3.41. The Bertz CT molecular complexity index is 242. The van der Waals surface area contributed by atoms with Gasteiger partial charge in [-0.2, -0.15) is 0 Å². The lowest BCUT2D eigenvalue weighted by Gasteiger charge is -2.16. The summed E-state index contributed by atoms with van der Waals surface area (Å²) >= 11 is 0. The summed E-state index contributed by atoms with van der Waals surface area (Å²) in [5, 5.41) is 0. The van der Waals surface area contributed by atoms with Crippen molar-refractivity contribution in [1.82, 2.24) is 4.90 Å². The van der Waals surface area contributed by atoms with Crippen LogP contribution in [-0.4, -0.2) is 25.0 Å². The van der Waals surface area contributed by atoms with Gasteiger partial charge in [0.15, 0.2) is 0 Å². The molecule has 0 atom stereocenters. The van der Waals surface area contributed by atoms with Gasteiger partial charge in [0.05, 0.1) is 0 Å². The smallest absolute Gasteiger partial charge is 0.0232 e. The zero-order valence-electron chi connectivity index (χ0n) is 10.2. The van der Waals surface area contributed by atoms with Gasteiger partial charge in [-0.15, -0.1) is 0 Å². The molecule has 0 aromatic carbocycles. The van der Waals surface area contributed by atoms with E-state index in [-0.39, 0.29) is 0 Å². The van der Waals surface area contributed by atoms with Crippen LogP contribution in [0.2, 0.25) is 0 Å². The third kappa shape index (κ3) is 5.76. The second-order valence-corrected chi connectivity index (χ2v) is 4.05. The standard InChI is InChI=1S/C13H23N/c1-7-14(6)10-13(12(4)5)9-8-11(2)3/h8-9H,4,7,10H2,1-3,5-6H3/b13-9-. The molecule has 1 heteroatoms. The lowest BCUT2D eigenvalue weighted by atomic mass is 10.1. The molecule has 0 fully saturated rings. The molecule has 80 valence electrons. The average Bonchev–Trinajstić information content (AvgIpc) is 2.10. The molecule has 14 heavy (non-hydrogen) atoms.